The van der Waals surface area contributed by atoms with Crippen molar-refractivity contribution in [1.29, 1.82) is 0 Å². The number of piperazine rings is 1. The molecule has 1 saturated heterocycles. The molecule has 94 valence electrons. The predicted octanol–water partition coefficient (Wildman–Crippen LogP) is 2.25. The number of methoxy groups -OCH3 is 1. The molecule has 1 aliphatic rings. The van der Waals surface area contributed by atoms with E-state index in [-0.39, 0.29) is 0 Å². The summed E-state index contributed by atoms with van der Waals surface area (Å²) in [5.41, 5.74) is 1.25. The standard InChI is InChI=1S/C13H19BrN2O/c1-10-8-16(6-5-15-10)9-11-7-12(14)3-4-13(11)17-2/h3-4,7,10,15H,5-6,8-9H2,1-2H3. The van der Waals surface area contributed by atoms with E-state index in [1.807, 2.05) is 12.1 Å². The molecule has 0 amide bonds. The summed E-state index contributed by atoms with van der Waals surface area (Å²) >= 11 is 3.52. The molecule has 1 aromatic rings. The number of hydrogen-bond donors (Lipinski definition) is 1. The first-order valence-corrected chi connectivity index (χ1v) is 6.76. The van der Waals surface area contributed by atoms with E-state index in [2.05, 4.69) is 39.1 Å². The molecule has 0 aliphatic carbocycles. The molecule has 3 nitrogen and oxygen atoms in total. The van der Waals surface area contributed by atoms with Crippen molar-refractivity contribution in [2.45, 2.75) is 19.5 Å². The molecule has 0 saturated carbocycles. The first kappa shape index (κ1) is 12.9. The van der Waals surface area contributed by atoms with Crippen molar-refractivity contribution < 1.29 is 4.74 Å². The minimum Gasteiger partial charge on any atom is -0.496 e. The normalized spacial score (nSPS) is 21.5. The van der Waals surface area contributed by atoms with Gasteiger partial charge in [-0.2, -0.15) is 0 Å². The summed E-state index contributed by atoms with van der Waals surface area (Å²) in [6.45, 7) is 6.44. The number of benzene rings is 1. The Bertz CT molecular complexity index is 384. The van der Waals surface area contributed by atoms with Gasteiger partial charge in [-0.15, -0.1) is 0 Å². The lowest BCUT2D eigenvalue weighted by molar-refractivity contribution is 0.197. The van der Waals surface area contributed by atoms with Crippen LogP contribution in [0.5, 0.6) is 5.75 Å². The highest BCUT2D eigenvalue weighted by Crippen LogP contribution is 2.24. The Morgan fingerprint density at radius 2 is 2.35 bits per heavy atom. The molecule has 0 radical (unpaired) electrons. The van der Waals surface area contributed by atoms with Crippen LogP contribution >= 0.6 is 15.9 Å². The Morgan fingerprint density at radius 3 is 3.06 bits per heavy atom. The largest absolute Gasteiger partial charge is 0.496 e. The predicted molar refractivity (Wildman–Crippen MR) is 73.4 cm³/mol. The fourth-order valence-electron chi connectivity index (χ4n) is 2.27. The Balaban J connectivity index is 2.08. The molecule has 1 atom stereocenters. The molecule has 1 heterocycles. The molecule has 1 aliphatic heterocycles. The van der Waals surface area contributed by atoms with Crippen LogP contribution in [0.25, 0.3) is 0 Å². The molecule has 1 unspecified atom stereocenters. The lowest BCUT2D eigenvalue weighted by atomic mass is 10.1. The molecule has 0 spiro atoms. The number of rotatable bonds is 3. The van der Waals surface area contributed by atoms with Gasteiger partial charge in [0.15, 0.2) is 0 Å². The topological polar surface area (TPSA) is 24.5 Å². The van der Waals surface area contributed by atoms with Gasteiger partial charge in [-0.25, -0.2) is 0 Å². The van der Waals surface area contributed by atoms with Crippen molar-refractivity contribution in [1.82, 2.24) is 10.2 Å². The van der Waals surface area contributed by atoms with Gasteiger partial charge in [0, 0.05) is 42.3 Å². The SMILES string of the molecule is COc1ccc(Br)cc1CN1CCNC(C)C1. The molecule has 17 heavy (non-hydrogen) atoms. The van der Waals surface area contributed by atoms with Crippen LogP contribution in [0.4, 0.5) is 0 Å². The van der Waals surface area contributed by atoms with Crippen LogP contribution in [0.1, 0.15) is 12.5 Å². The summed E-state index contributed by atoms with van der Waals surface area (Å²) in [6.07, 6.45) is 0. The molecule has 1 fully saturated rings. The highest BCUT2D eigenvalue weighted by molar-refractivity contribution is 9.10. The van der Waals surface area contributed by atoms with Crippen molar-refractivity contribution in [3.63, 3.8) is 0 Å². The van der Waals surface area contributed by atoms with Crippen LogP contribution < -0.4 is 10.1 Å². The molecule has 1 aromatic carbocycles. The summed E-state index contributed by atoms with van der Waals surface area (Å²) in [4.78, 5) is 2.46. The second-order valence-corrected chi connectivity index (χ2v) is 5.46. The fraction of sp³-hybridized carbons (Fsp3) is 0.538. The van der Waals surface area contributed by atoms with E-state index in [1.165, 1.54) is 5.56 Å². The maximum atomic E-state index is 5.41. The zero-order valence-corrected chi connectivity index (χ0v) is 12.0. The van der Waals surface area contributed by atoms with E-state index < -0.39 is 0 Å². The third kappa shape index (κ3) is 3.44. The van der Waals surface area contributed by atoms with Crippen LogP contribution in [0, 0.1) is 0 Å². The summed E-state index contributed by atoms with van der Waals surface area (Å²) in [6, 6.07) is 6.75. The average Bonchev–Trinajstić information content (AvgIpc) is 2.29. The summed E-state index contributed by atoms with van der Waals surface area (Å²) in [5.74, 6) is 0.972. The van der Waals surface area contributed by atoms with Gasteiger partial charge in [-0.1, -0.05) is 15.9 Å². The summed E-state index contributed by atoms with van der Waals surface area (Å²) in [5, 5.41) is 3.46. The van der Waals surface area contributed by atoms with Gasteiger partial charge >= 0.3 is 0 Å². The summed E-state index contributed by atoms with van der Waals surface area (Å²) < 4.78 is 6.51. The van der Waals surface area contributed by atoms with E-state index in [0.717, 1.165) is 36.4 Å². The molecule has 4 heteroatoms. The minimum atomic E-state index is 0.571. The summed E-state index contributed by atoms with van der Waals surface area (Å²) in [7, 11) is 1.73. The van der Waals surface area contributed by atoms with Crippen molar-refractivity contribution in [3.8, 4) is 5.75 Å². The molecular weight excluding hydrogens is 280 g/mol. The third-order valence-electron chi connectivity index (χ3n) is 3.09. The zero-order valence-electron chi connectivity index (χ0n) is 10.4. The highest BCUT2D eigenvalue weighted by atomic mass is 79.9. The number of nitrogens with zero attached hydrogens (tertiary/aromatic N) is 1. The Labute approximate surface area is 111 Å². The van der Waals surface area contributed by atoms with Crippen LogP contribution in [0.3, 0.4) is 0 Å². The second-order valence-electron chi connectivity index (χ2n) is 4.55. The van der Waals surface area contributed by atoms with Gasteiger partial charge in [0.25, 0.3) is 0 Å². The minimum absolute atomic E-state index is 0.571. The number of halogens is 1. The Morgan fingerprint density at radius 1 is 1.53 bits per heavy atom. The number of nitrogens with one attached hydrogen (secondary N) is 1. The van der Waals surface area contributed by atoms with E-state index in [0.29, 0.717) is 6.04 Å². The van der Waals surface area contributed by atoms with Crippen LogP contribution in [0.15, 0.2) is 22.7 Å². The molecule has 0 bridgehead atoms. The number of ether oxygens (including phenoxy) is 1. The molecule has 0 aromatic heterocycles. The second kappa shape index (κ2) is 5.85. The van der Waals surface area contributed by atoms with Gasteiger partial charge in [0.2, 0.25) is 0 Å². The zero-order chi connectivity index (χ0) is 12.3. The maximum Gasteiger partial charge on any atom is 0.123 e. The van der Waals surface area contributed by atoms with Crippen molar-refractivity contribution in [3.05, 3.63) is 28.2 Å². The van der Waals surface area contributed by atoms with Crippen molar-refractivity contribution >= 4 is 15.9 Å². The lowest BCUT2D eigenvalue weighted by Gasteiger charge is -2.32. The van der Waals surface area contributed by atoms with Gasteiger partial charge < -0.3 is 10.1 Å². The van der Waals surface area contributed by atoms with Gasteiger partial charge in [0.1, 0.15) is 5.75 Å². The highest BCUT2D eigenvalue weighted by Gasteiger charge is 2.17. The van der Waals surface area contributed by atoms with E-state index in [9.17, 15) is 0 Å². The monoisotopic (exact) mass is 298 g/mol. The average molecular weight is 299 g/mol. The quantitative estimate of drug-likeness (QED) is 0.926. The number of hydrogen-bond acceptors (Lipinski definition) is 3. The smallest absolute Gasteiger partial charge is 0.123 e. The molecule has 1 N–H and O–H groups in total. The van der Waals surface area contributed by atoms with E-state index >= 15 is 0 Å². The van der Waals surface area contributed by atoms with Crippen LogP contribution in [-0.4, -0.2) is 37.7 Å². The van der Waals surface area contributed by atoms with Gasteiger partial charge in [-0.3, -0.25) is 4.90 Å². The lowest BCUT2D eigenvalue weighted by Crippen LogP contribution is -2.48. The van der Waals surface area contributed by atoms with E-state index in [1.54, 1.807) is 7.11 Å². The Kier molecular flexibility index (Phi) is 4.42. The fourth-order valence-corrected chi connectivity index (χ4v) is 2.68. The molecule has 2 rings (SSSR count). The molecular formula is C13H19BrN2O. The maximum absolute atomic E-state index is 5.41. The first-order valence-electron chi connectivity index (χ1n) is 5.97. The van der Waals surface area contributed by atoms with Crippen LogP contribution in [-0.2, 0) is 6.54 Å². The first-order chi connectivity index (χ1) is 8.19. The van der Waals surface area contributed by atoms with Crippen molar-refractivity contribution in [2.24, 2.45) is 0 Å². The van der Waals surface area contributed by atoms with E-state index in [4.69, 9.17) is 4.74 Å². The third-order valence-corrected chi connectivity index (χ3v) is 3.58. The van der Waals surface area contributed by atoms with Crippen LogP contribution in [0.2, 0.25) is 0 Å². The van der Waals surface area contributed by atoms with Gasteiger partial charge in [-0.05, 0) is 25.1 Å². The van der Waals surface area contributed by atoms with Gasteiger partial charge in [0.05, 0.1) is 7.11 Å². The Hall–Kier alpha value is -0.580. The van der Waals surface area contributed by atoms with Crippen molar-refractivity contribution in [2.75, 3.05) is 26.7 Å².